The first-order valence-corrected chi connectivity index (χ1v) is 6.13. The van der Waals surface area contributed by atoms with E-state index in [4.69, 9.17) is 15.2 Å². The predicted molar refractivity (Wildman–Crippen MR) is 68.3 cm³/mol. The van der Waals surface area contributed by atoms with Crippen LogP contribution >= 0.6 is 0 Å². The van der Waals surface area contributed by atoms with Gasteiger partial charge in [-0.05, 0) is 37.1 Å². The zero-order valence-electron chi connectivity index (χ0n) is 10.2. The number of carbonyl (C=O) groups excluding carboxylic acids is 1. The molecule has 0 bridgehead atoms. The quantitative estimate of drug-likeness (QED) is 0.602. The van der Waals surface area contributed by atoms with Crippen molar-refractivity contribution in [3.63, 3.8) is 0 Å². The lowest BCUT2D eigenvalue weighted by atomic mass is 10.2. The second-order valence-electron chi connectivity index (χ2n) is 4.21. The fourth-order valence-electron chi connectivity index (χ4n) is 1.81. The monoisotopic (exact) mass is 250 g/mol. The van der Waals surface area contributed by atoms with Crippen LogP contribution < -0.4 is 15.8 Å². The lowest BCUT2D eigenvalue weighted by Crippen LogP contribution is -2.36. The second-order valence-corrected chi connectivity index (χ2v) is 4.21. The van der Waals surface area contributed by atoms with Crippen LogP contribution in [-0.2, 0) is 9.53 Å². The molecule has 1 aromatic carbocycles. The van der Waals surface area contributed by atoms with Crippen molar-refractivity contribution in [1.82, 2.24) is 5.32 Å². The molecular weight excluding hydrogens is 232 g/mol. The van der Waals surface area contributed by atoms with Gasteiger partial charge in [0.1, 0.15) is 18.5 Å². The number of nitrogens with two attached hydrogens (primary N) is 1. The highest BCUT2D eigenvalue weighted by Crippen LogP contribution is 2.13. The molecule has 18 heavy (non-hydrogen) atoms. The SMILES string of the molecule is Nc1ccc(OCCNC(=O)[C@H]2CCCO2)cc1. The number of nitrogen functional groups attached to an aromatic ring is 1. The standard InChI is InChI=1S/C13H18N2O3/c14-10-3-5-11(6-4-10)17-9-7-15-13(16)12-2-1-8-18-12/h3-6,12H,1-2,7-9,14H2,(H,15,16)/t12-/m1/s1. The molecule has 1 heterocycles. The van der Waals surface area contributed by atoms with Gasteiger partial charge in [0.15, 0.2) is 0 Å². The van der Waals surface area contributed by atoms with Crippen LogP contribution in [-0.4, -0.2) is 31.8 Å². The second kappa shape index (κ2) is 6.26. The number of rotatable bonds is 5. The van der Waals surface area contributed by atoms with Crippen molar-refractivity contribution in [1.29, 1.82) is 0 Å². The third kappa shape index (κ3) is 3.63. The Labute approximate surface area is 106 Å². The molecule has 0 unspecified atom stereocenters. The first kappa shape index (κ1) is 12.7. The maximum Gasteiger partial charge on any atom is 0.249 e. The number of carbonyl (C=O) groups is 1. The number of amides is 1. The van der Waals surface area contributed by atoms with Crippen molar-refractivity contribution in [3.8, 4) is 5.75 Å². The molecule has 0 aliphatic carbocycles. The van der Waals surface area contributed by atoms with Gasteiger partial charge in [0, 0.05) is 12.3 Å². The van der Waals surface area contributed by atoms with E-state index in [-0.39, 0.29) is 12.0 Å². The number of benzene rings is 1. The highest BCUT2D eigenvalue weighted by atomic mass is 16.5. The summed E-state index contributed by atoms with van der Waals surface area (Å²) >= 11 is 0. The van der Waals surface area contributed by atoms with Gasteiger partial charge in [0.25, 0.3) is 0 Å². The Kier molecular flexibility index (Phi) is 4.41. The van der Waals surface area contributed by atoms with Gasteiger partial charge in [-0.25, -0.2) is 0 Å². The molecule has 5 heteroatoms. The maximum absolute atomic E-state index is 11.6. The van der Waals surface area contributed by atoms with Crippen LogP contribution in [0.25, 0.3) is 0 Å². The van der Waals surface area contributed by atoms with E-state index in [2.05, 4.69) is 5.32 Å². The molecule has 1 fully saturated rings. The fraction of sp³-hybridized carbons (Fsp3) is 0.462. The minimum absolute atomic E-state index is 0.0478. The van der Waals surface area contributed by atoms with Crippen LogP contribution in [0.15, 0.2) is 24.3 Å². The molecule has 1 aliphatic heterocycles. The van der Waals surface area contributed by atoms with Crippen molar-refractivity contribution in [3.05, 3.63) is 24.3 Å². The van der Waals surface area contributed by atoms with Crippen LogP contribution in [0.4, 0.5) is 5.69 Å². The molecule has 1 amide bonds. The molecule has 1 aromatic rings. The van der Waals surface area contributed by atoms with Crippen molar-refractivity contribution in [2.45, 2.75) is 18.9 Å². The molecule has 1 atom stereocenters. The Bertz CT molecular complexity index is 386. The van der Waals surface area contributed by atoms with Crippen molar-refractivity contribution in [2.75, 3.05) is 25.5 Å². The van der Waals surface area contributed by atoms with Gasteiger partial charge in [0.05, 0.1) is 6.54 Å². The van der Waals surface area contributed by atoms with E-state index in [1.165, 1.54) is 0 Å². The summed E-state index contributed by atoms with van der Waals surface area (Å²) in [6, 6.07) is 7.16. The van der Waals surface area contributed by atoms with E-state index in [0.29, 0.717) is 25.4 Å². The fourth-order valence-corrected chi connectivity index (χ4v) is 1.81. The van der Waals surface area contributed by atoms with E-state index >= 15 is 0 Å². The minimum Gasteiger partial charge on any atom is -0.492 e. The van der Waals surface area contributed by atoms with Gasteiger partial charge in [-0.15, -0.1) is 0 Å². The lowest BCUT2D eigenvalue weighted by molar-refractivity contribution is -0.130. The summed E-state index contributed by atoms with van der Waals surface area (Å²) in [5.41, 5.74) is 6.27. The third-order valence-electron chi connectivity index (χ3n) is 2.77. The molecular formula is C13H18N2O3. The summed E-state index contributed by atoms with van der Waals surface area (Å²) in [6.07, 6.45) is 1.49. The van der Waals surface area contributed by atoms with E-state index in [9.17, 15) is 4.79 Å². The van der Waals surface area contributed by atoms with Gasteiger partial charge in [0.2, 0.25) is 5.91 Å². The van der Waals surface area contributed by atoms with Gasteiger partial charge < -0.3 is 20.5 Å². The van der Waals surface area contributed by atoms with Gasteiger partial charge in [-0.2, -0.15) is 0 Å². The molecule has 3 N–H and O–H groups in total. The average Bonchev–Trinajstić information content (AvgIpc) is 2.90. The smallest absolute Gasteiger partial charge is 0.249 e. The normalized spacial score (nSPS) is 18.6. The Morgan fingerprint density at radius 2 is 2.22 bits per heavy atom. The van der Waals surface area contributed by atoms with Crippen molar-refractivity contribution < 1.29 is 14.3 Å². The molecule has 98 valence electrons. The summed E-state index contributed by atoms with van der Waals surface area (Å²) in [6.45, 7) is 1.59. The van der Waals surface area contributed by atoms with Crippen LogP contribution in [0.5, 0.6) is 5.75 Å². The van der Waals surface area contributed by atoms with E-state index in [1.807, 2.05) is 0 Å². The van der Waals surface area contributed by atoms with Gasteiger partial charge in [-0.1, -0.05) is 0 Å². The van der Waals surface area contributed by atoms with E-state index in [1.54, 1.807) is 24.3 Å². The Morgan fingerprint density at radius 3 is 2.89 bits per heavy atom. The molecule has 5 nitrogen and oxygen atoms in total. The highest BCUT2D eigenvalue weighted by molar-refractivity contribution is 5.80. The lowest BCUT2D eigenvalue weighted by Gasteiger charge is -2.11. The Hall–Kier alpha value is -1.75. The molecule has 1 saturated heterocycles. The molecule has 0 spiro atoms. The van der Waals surface area contributed by atoms with E-state index < -0.39 is 0 Å². The molecule has 1 aliphatic rings. The third-order valence-corrected chi connectivity index (χ3v) is 2.77. The maximum atomic E-state index is 11.6. The molecule has 0 radical (unpaired) electrons. The summed E-state index contributed by atoms with van der Waals surface area (Å²) < 4.78 is 10.7. The van der Waals surface area contributed by atoms with E-state index in [0.717, 1.165) is 18.6 Å². The summed E-state index contributed by atoms with van der Waals surface area (Å²) in [7, 11) is 0. The summed E-state index contributed by atoms with van der Waals surface area (Å²) in [4.78, 5) is 11.6. The number of hydrogen-bond donors (Lipinski definition) is 2. The van der Waals surface area contributed by atoms with Gasteiger partial charge in [-0.3, -0.25) is 4.79 Å². The Morgan fingerprint density at radius 1 is 1.44 bits per heavy atom. The van der Waals surface area contributed by atoms with Crippen LogP contribution in [0.1, 0.15) is 12.8 Å². The van der Waals surface area contributed by atoms with Crippen LogP contribution in [0, 0.1) is 0 Å². The number of nitrogens with one attached hydrogen (secondary N) is 1. The topological polar surface area (TPSA) is 73.6 Å². The van der Waals surface area contributed by atoms with Crippen LogP contribution in [0.2, 0.25) is 0 Å². The highest BCUT2D eigenvalue weighted by Gasteiger charge is 2.22. The molecule has 0 saturated carbocycles. The zero-order valence-corrected chi connectivity index (χ0v) is 10.2. The summed E-state index contributed by atoms with van der Waals surface area (Å²) in [5.74, 6) is 0.698. The molecule has 2 rings (SSSR count). The minimum atomic E-state index is -0.276. The average molecular weight is 250 g/mol. The first-order valence-electron chi connectivity index (χ1n) is 6.13. The van der Waals surface area contributed by atoms with Crippen LogP contribution in [0.3, 0.4) is 0 Å². The number of hydrogen-bond acceptors (Lipinski definition) is 4. The van der Waals surface area contributed by atoms with Crippen molar-refractivity contribution >= 4 is 11.6 Å². The largest absolute Gasteiger partial charge is 0.492 e. The summed E-state index contributed by atoms with van der Waals surface area (Å²) in [5, 5.41) is 2.79. The van der Waals surface area contributed by atoms with Gasteiger partial charge >= 0.3 is 0 Å². The predicted octanol–water partition coefficient (Wildman–Crippen LogP) is 0.943. The zero-order chi connectivity index (χ0) is 12.8. The molecule has 0 aromatic heterocycles. The first-order chi connectivity index (χ1) is 8.75. The Balaban J connectivity index is 1.63. The number of anilines is 1. The van der Waals surface area contributed by atoms with Crippen molar-refractivity contribution in [2.24, 2.45) is 0 Å². The number of ether oxygens (including phenoxy) is 2.